The van der Waals surface area contributed by atoms with E-state index in [2.05, 4.69) is 4.98 Å². The summed E-state index contributed by atoms with van der Waals surface area (Å²) in [5, 5.41) is 11.9. The molecule has 1 aromatic heterocycles. The Hall–Kier alpha value is -4.45. The molecule has 1 aliphatic heterocycles. The van der Waals surface area contributed by atoms with Crippen molar-refractivity contribution in [3.63, 3.8) is 0 Å². The normalized spacial score (nSPS) is 24.6. The molecular weight excluding hydrogens is 615 g/mol. The topological polar surface area (TPSA) is 117 Å². The molecule has 1 aromatic carbocycles. The van der Waals surface area contributed by atoms with Gasteiger partial charge in [-0.05, 0) is 68.5 Å². The predicted octanol–water partition coefficient (Wildman–Crippen LogP) is 5.34. The zero-order valence-corrected chi connectivity index (χ0v) is 25.1. The number of ketones is 2. The van der Waals surface area contributed by atoms with Crippen LogP contribution in [0.2, 0.25) is 5.02 Å². The minimum atomic E-state index is -4.79. The first-order valence-electron chi connectivity index (χ1n) is 14.3. The second-order valence-corrected chi connectivity index (χ2v) is 11.8. The summed E-state index contributed by atoms with van der Waals surface area (Å²) < 4.78 is 45.9. The molecule has 1 saturated heterocycles. The van der Waals surface area contributed by atoms with Gasteiger partial charge in [-0.25, -0.2) is 4.98 Å². The number of aromatic hydroxyl groups is 1. The van der Waals surface area contributed by atoms with Crippen LogP contribution in [0.4, 0.5) is 19.0 Å². The number of halogens is 4. The number of allylic oxidation sites excluding steroid dienone is 6. The smallest absolute Gasteiger partial charge is 0.433 e. The van der Waals surface area contributed by atoms with Crippen LogP contribution >= 0.6 is 11.6 Å². The summed E-state index contributed by atoms with van der Waals surface area (Å²) in [5.74, 6) is -5.65. The average molecular weight is 642 g/mol. The standard InChI is InChI=1S/C32H27ClF3N3O6/c1-4-45-23-12-15(5-9-21(23)40)25-16-6-7-17-26(18(16)13-19-22(41)11-14(2)28(42)27(19)25)31(44)39(30(17)43)38(3)29-20(33)8-10-24(37-29)32(34,35)36/h5-6,8-12,17-18,25-26,40H,4,7,13H2,1-3H3. The van der Waals surface area contributed by atoms with E-state index in [1.165, 1.54) is 19.2 Å². The maximum absolute atomic E-state index is 14.1. The molecule has 0 bridgehead atoms. The van der Waals surface area contributed by atoms with Crippen LogP contribution in [-0.2, 0) is 25.4 Å². The number of hydrogen-bond donors (Lipinski definition) is 1. The van der Waals surface area contributed by atoms with Crippen LogP contribution in [0, 0.1) is 17.8 Å². The van der Waals surface area contributed by atoms with E-state index in [1.807, 2.05) is 6.08 Å². The largest absolute Gasteiger partial charge is 0.504 e. The summed E-state index contributed by atoms with van der Waals surface area (Å²) in [6, 6.07) is 6.35. The molecule has 0 radical (unpaired) electrons. The Morgan fingerprint density at radius 3 is 2.53 bits per heavy atom. The number of carbonyl (C=O) groups excluding carboxylic acids is 4. The second-order valence-electron chi connectivity index (χ2n) is 11.4. The number of benzene rings is 1. The Morgan fingerprint density at radius 1 is 1.11 bits per heavy atom. The number of alkyl halides is 3. The van der Waals surface area contributed by atoms with Crippen LogP contribution in [0.25, 0.3) is 0 Å². The van der Waals surface area contributed by atoms with E-state index in [4.69, 9.17) is 16.3 Å². The molecule has 3 aliphatic carbocycles. The highest BCUT2D eigenvalue weighted by Crippen LogP contribution is 2.56. The number of amides is 2. The van der Waals surface area contributed by atoms with Gasteiger partial charge in [0.2, 0.25) is 0 Å². The summed E-state index contributed by atoms with van der Waals surface area (Å²) in [7, 11) is 1.24. The summed E-state index contributed by atoms with van der Waals surface area (Å²) in [5.41, 5.74) is 0.761. The molecule has 9 nitrogen and oxygen atoms in total. The van der Waals surface area contributed by atoms with Crippen LogP contribution in [0.1, 0.15) is 43.9 Å². The van der Waals surface area contributed by atoms with Crippen molar-refractivity contribution in [2.24, 2.45) is 17.8 Å². The fraction of sp³-hybridized carbons (Fsp3) is 0.344. The molecule has 2 amide bonds. The van der Waals surface area contributed by atoms with Crippen molar-refractivity contribution in [1.82, 2.24) is 9.99 Å². The van der Waals surface area contributed by atoms with Crippen molar-refractivity contribution >= 4 is 40.8 Å². The third-order valence-corrected chi connectivity index (χ3v) is 9.18. The van der Waals surface area contributed by atoms with Crippen LogP contribution in [0.3, 0.4) is 0 Å². The molecule has 13 heteroatoms. The highest BCUT2D eigenvalue weighted by Gasteiger charge is 2.57. The van der Waals surface area contributed by atoms with Gasteiger partial charge in [-0.15, -0.1) is 0 Å². The van der Waals surface area contributed by atoms with E-state index in [-0.39, 0.29) is 64.3 Å². The van der Waals surface area contributed by atoms with E-state index >= 15 is 0 Å². The predicted molar refractivity (Wildman–Crippen MR) is 155 cm³/mol. The first-order valence-corrected chi connectivity index (χ1v) is 14.6. The molecule has 4 atom stereocenters. The average Bonchev–Trinajstić information content (AvgIpc) is 3.25. The number of imide groups is 1. The molecule has 45 heavy (non-hydrogen) atoms. The molecule has 1 fully saturated rings. The number of phenolic OH excluding ortho intramolecular Hbond substituents is 1. The number of pyridine rings is 1. The van der Waals surface area contributed by atoms with Gasteiger partial charge in [-0.3, -0.25) is 24.2 Å². The molecule has 4 unspecified atom stereocenters. The zero-order chi connectivity index (χ0) is 32.5. The number of Topliss-reactive ketones (excluding diaryl/α,β-unsaturated/α-hetero) is 1. The summed E-state index contributed by atoms with van der Waals surface area (Å²) in [6.45, 7) is 3.56. The number of rotatable bonds is 5. The third-order valence-electron chi connectivity index (χ3n) is 8.88. The fourth-order valence-electron chi connectivity index (χ4n) is 6.91. The zero-order valence-electron chi connectivity index (χ0n) is 24.3. The maximum atomic E-state index is 14.1. The second kappa shape index (κ2) is 10.9. The summed E-state index contributed by atoms with van der Waals surface area (Å²) >= 11 is 6.19. The van der Waals surface area contributed by atoms with Gasteiger partial charge >= 0.3 is 6.18 Å². The highest BCUT2D eigenvalue weighted by molar-refractivity contribution is 6.33. The summed E-state index contributed by atoms with van der Waals surface area (Å²) in [4.78, 5) is 58.4. The first-order chi connectivity index (χ1) is 21.2. The Labute approximate surface area is 260 Å². The molecular formula is C32H27ClF3N3O6. The van der Waals surface area contributed by atoms with Crippen LogP contribution in [0.5, 0.6) is 11.5 Å². The Kier molecular flexibility index (Phi) is 7.38. The van der Waals surface area contributed by atoms with Crippen molar-refractivity contribution in [2.75, 3.05) is 18.7 Å². The van der Waals surface area contributed by atoms with Crippen LogP contribution < -0.4 is 9.75 Å². The van der Waals surface area contributed by atoms with E-state index in [1.54, 1.807) is 26.0 Å². The number of aromatic nitrogens is 1. The lowest BCUT2D eigenvalue weighted by Gasteiger charge is -2.42. The van der Waals surface area contributed by atoms with Gasteiger partial charge in [0.05, 0.1) is 23.5 Å². The molecule has 234 valence electrons. The number of ether oxygens (including phenoxy) is 1. The Balaban J connectivity index is 1.44. The van der Waals surface area contributed by atoms with Gasteiger partial charge in [0.15, 0.2) is 28.9 Å². The number of phenols is 1. The van der Waals surface area contributed by atoms with Crippen molar-refractivity contribution in [3.8, 4) is 11.5 Å². The molecule has 1 N–H and O–H groups in total. The number of fused-ring (bicyclic) bond motifs is 3. The van der Waals surface area contributed by atoms with Crippen molar-refractivity contribution in [1.29, 1.82) is 0 Å². The lowest BCUT2D eigenvalue weighted by atomic mass is 9.59. The lowest BCUT2D eigenvalue weighted by molar-refractivity contribution is -0.141. The van der Waals surface area contributed by atoms with E-state index < -0.39 is 53.2 Å². The molecule has 2 aromatic rings. The van der Waals surface area contributed by atoms with Gasteiger partial charge in [-0.2, -0.15) is 18.2 Å². The van der Waals surface area contributed by atoms with Gasteiger partial charge in [0.25, 0.3) is 11.8 Å². The minimum Gasteiger partial charge on any atom is -0.504 e. The molecule has 4 aliphatic rings. The SMILES string of the molecule is CCOc1cc(C2C3=CCC4C(=O)N(N(C)c5nc(C(F)(F)F)ccc5Cl)C(=O)C4C3CC3=C2C(=O)C(C)=CC3=O)ccc1O. The minimum absolute atomic E-state index is 0.0166. The first kappa shape index (κ1) is 30.6. The van der Waals surface area contributed by atoms with Crippen LogP contribution in [-0.4, -0.2) is 52.1 Å². The maximum Gasteiger partial charge on any atom is 0.433 e. The number of nitrogens with zero attached hydrogens (tertiary/aromatic N) is 3. The fourth-order valence-corrected chi connectivity index (χ4v) is 7.14. The van der Waals surface area contributed by atoms with Crippen molar-refractivity contribution < 1.29 is 42.2 Å². The number of anilines is 1. The van der Waals surface area contributed by atoms with E-state index in [9.17, 15) is 37.5 Å². The third kappa shape index (κ3) is 4.82. The molecule has 0 saturated carbocycles. The van der Waals surface area contributed by atoms with Gasteiger partial charge in [0.1, 0.15) is 5.69 Å². The highest BCUT2D eigenvalue weighted by atomic mass is 35.5. The monoisotopic (exact) mass is 641 g/mol. The number of hydrazine groups is 1. The molecule has 0 spiro atoms. The van der Waals surface area contributed by atoms with Gasteiger partial charge in [-0.1, -0.05) is 29.3 Å². The Morgan fingerprint density at radius 2 is 1.84 bits per heavy atom. The van der Waals surface area contributed by atoms with E-state index in [0.29, 0.717) is 17.2 Å². The van der Waals surface area contributed by atoms with Crippen molar-refractivity contribution in [2.45, 2.75) is 38.8 Å². The van der Waals surface area contributed by atoms with Crippen LogP contribution in [0.15, 0.2) is 64.8 Å². The Bertz CT molecular complexity index is 1780. The van der Waals surface area contributed by atoms with Gasteiger partial charge < -0.3 is 9.84 Å². The lowest BCUT2D eigenvalue weighted by Crippen LogP contribution is -2.46. The summed E-state index contributed by atoms with van der Waals surface area (Å²) in [6.07, 6.45) is -1.59. The van der Waals surface area contributed by atoms with E-state index in [0.717, 1.165) is 16.1 Å². The quantitative estimate of drug-likeness (QED) is 0.264. The number of hydrogen-bond acceptors (Lipinski definition) is 8. The molecule has 6 rings (SSSR count). The number of carbonyl (C=O) groups is 4. The van der Waals surface area contributed by atoms with Gasteiger partial charge in [0, 0.05) is 29.7 Å². The van der Waals surface area contributed by atoms with Crippen molar-refractivity contribution in [3.05, 3.63) is 81.1 Å². The molecule has 2 heterocycles.